The molecule has 8 heteroatoms. The Kier molecular flexibility index (Phi) is 4.81. The molecule has 1 saturated heterocycles. The van der Waals surface area contributed by atoms with Crippen molar-refractivity contribution in [3.8, 4) is 0 Å². The average Bonchev–Trinajstić information content (AvgIpc) is 2.53. The van der Waals surface area contributed by atoms with Crippen LogP contribution in [0, 0.1) is 0 Å². The topological polar surface area (TPSA) is 92.7 Å². The number of hydrogen-bond donors (Lipinski definition) is 0. The molecule has 0 aliphatic carbocycles. The first-order chi connectivity index (χ1) is 10.1. The second-order valence-corrected chi connectivity index (χ2v) is 4.55. The molecule has 0 unspecified atom stereocenters. The lowest BCUT2D eigenvalue weighted by Crippen LogP contribution is -2.51. The minimum Gasteiger partial charge on any atom is -0.469 e. The van der Waals surface area contributed by atoms with Crippen molar-refractivity contribution in [2.45, 2.75) is 6.42 Å². The molecule has 0 bridgehead atoms. The maximum absolute atomic E-state index is 12.0. The summed E-state index contributed by atoms with van der Waals surface area (Å²) >= 11 is 0. The Morgan fingerprint density at radius 3 is 2.76 bits per heavy atom. The van der Waals surface area contributed by atoms with Crippen LogP contribution in [0.4, 0.5) is 5.82 Å². The Labute approximate surface area is 121 Å². The molecule has 112 valence electrons. The Morgan fingerprint density at radius 1 is 1.38 bits per heavy atom. The highest BCUT2D eigenvalue weighted by molar-refractivity contribution is 5.83. The van der Waals surface area contributed by atoms with Crippen LogP contribution >= 0.6 is 0 Å². The zero-order chi connectivity index (χ0) is 15.2. The fourth-order valence-corrected chi connectivity index (χ4v) is 2.02. The molecule has 1 aliphatic rings. The quantitative estimate of drug-likeness (QED) is 0.533. The number of hydrogen-bond acceptors (Lipinski definition) is 7. The van der Waals surface area contributed by atoms with Crippen molar-refractivity contribution in [3.63, 3.8) is 0 Å². The number of carbonyl (C=O) groups excluding carboxylic acids is 3. The van der Waals surface area contributed by atoms with Gasteiger partial charge in [-0.15, -0.1) is 0 Å². The smallest absolute Gasteiger partial charge is 0.307 e. The van der Waals surface area contributed by atoms with Crippen molar-refractivity contribution >= 4 is 24.0 Å². The highest BCUT2D eigenvalue weighted by Gasteiger charge is 2.25. The molecular formula is C13H16N4O4. The van der Waals surface area contributed by atoms with E-state index in [1.807, 2.05) is 0 Å². The zero-order valence-corrected chi connectivity index (χ0v) is 11.7. The predicted octanol–water partition coefficient (Wildman–Crippen LogP) is -0.499. The van der Waals surface area contributed by atoms with Crippen LogP contribution in [-0.4, -0.2) is 66.3 Å². The van der Waals surface area contributed by atoms with Gasteiger partial charge < -0.3 is 14.5 Å². The molecule has 8 nitrogen and oxygen atoms in total. The van der Waals surface area contributed by atoms with Crippen molar-refractivity contribution in [1.29, 1.82) is 0 Å². The molecule has 0 atom stereocenters. The third-order valence-corrected chi connectivity index (χ3v) is 3.24. The van der Waals surface area contributed by atoms with E-state index in [9.17, 15) is 14.4 Å². The first-order valence-corrected chi connectivity index (χ1v) is 6.51. The van der Waals surface area contributed by atoms with Gasteiger partial charge in [0, 0.05) is 19.6 Å². The van der Waals surface area contributed by atoms with Gasteiger partial charge in [0.15, 0.2) is 6.29 Å². The third kappa shape index (κ3) is 3.74. The van der Waals surface area contributed by atoms with E-state index < -0.39 is 0 Å². The molecule has 0 spiro atoms. The summed E-state index contributed by atoms with van der Waals surface area (Å²) in [4.78, 5) is 45.1. The summed E-state index contributed by atoms with van der Waals surface area (Å²) in [7, 11) is 1.32. The second kappa shape index (κ2) is 6.78. The molecule has 21 heavy (non-hydrogen) atoms. The number of amides is 1. The van der Waals surface area contributed by atoms with Gasteiger partial charge in [-0.1, -0.05) is 0 Å². The number of carbonyl (C=O) groups is 3. The van der Waals surface area contributed by atoms with Gasteiger partial charge in [0.25, 0.3) is 0 Å². The van der Waals surface area contributed by atoms with Crippen LogP contribution in [0.2, 0.25) is 0 Å². The fourth-order valence-electron chi connectivity index (χ4n) is 2.02. The van der Waals surface area contributed by atoms with E-state index >= 15 is 0 Å². The van der Waals surface area contributed by atoms with Gasteiger partial charge in [-0.2, -0.15) is 0 Å². The van der Waals surface area contributed by atoms with E-state index in [4.69, 9.17) is 0 Å². The first kappa shape index (κ1) is 14.9. The van der Waals surface area contributed by atoms with E-state index in [1.54, 1.807) is 9.80 Å². The van der Waals surface area contributed by atoms with Gasteiger partial charge in [0.2, 0.25) is 5.91 Å². The number of aldehydes is 1. The molecule has 1 fully saturated rings. The molecule has 1 aromatic heterocycles. The first-order valence-electron chi connectivity index (χ1n) is 6.51. The normalized spacial score (nSPS) is 15.0. The highest BCUT2D eigenvalue weighted by atomic mass is 16.5. The summed E-state index contributed by atoms with van der Waals surface area (Å²) in [6, 6.07) is 0. The standard InChI is InChI=1S/C13H16N4O4/c1-21-13(20)2-3-16-4-5-17(8-12(16)19)11-7-14-10(9-18)6-15-11/h6-7,9H,2-5,8H2,1H3. The maximum atomic E-state index is 12.0. The lowest BCUT2D eigenvalue weighted by molar-refractivity contribution is -0.141. The summed E-state index contributed by atoms with van der Waals surface area (Å²) in [5.41, 5.74) is 0.252. The van der Waals surface area contributed by atoms with Gasteiger partial charge in [0.1, 0.15) is 11.5 Å². The molecule has 0 radical (unpaired) electrons. The summed E-state index contributed by atoms with van der Waals surface area (Å²) in [6.07, 6.45) is 3.65. The average molecular weight is 292 g/mol. The lowest BCUT2D eigenvalue weighted by Gasteiger charge is -2.34. The fraction of sp³-hybridized carbons (Fsp3) is 0.462. The molecule has 2 rings (SSSR count). The van der Waals surface area contributed by atoms with Crippen LogP contribution in [0.15, 0.2) is 12.4 Å². The Balaban J connectivity index is 1.91. The number of rotatable bonds is 5. The van der Waals surface area contributed by atoms with Gasteiger partial charge >= 0.3 is 5.97 Å². The number of esters is 1. The van der Waals surface area contributed by atoms with E-state index in [2.05, 4.69) is 14.7 Å². The van der Waals surface area contributed by atoms with Crippen LogP contribution in [0.3, 0.4) is 0 Å². The molecule has 2 heterocycles. The molecular weight excluding hydrogens is 276 g/mol. The van der Waals surface area contributed by atoms with E-state index in [-0.39, 0.29) is 30.5 Å². The summed E-state index contributed by atoms with van der Waals surface area (Å²) in [5, 5.41) is 0. The van der Waals surface area contributed by atoms with Crippen molar-refractivity contribution < 1.29 is 19.1 Å². The van der Waals surface area contributed by atoms with Crippen LogP contribution < -0.4 is 4.90 Å². The SMILES string of the molecule is COC(=O)CCN1CCN(c2cnc(C=O)cn2)CC1=O. The number of nitrogens with zero attached hydrogens (tertiary/aromatic N) is 4. The molecule has 0 N–H and O–H groups in total. The van der Waals surface area contributed by atoms with E-state index in [1.165, 1.54) is 19.5 Å². The summed E-state index contributed by atoms with van der Waals surface area (Å²) < 4.78 is 4.55. The monoisotopic (exact) mass is 292 g/mol. The lowest BCUT2D eigenvalue weighted by atomic mass is 10.2. The van der Waals surface area contributed by atoms with Crippen LogP contribution in [-0.2, 0) is 14.3 Å². The van der Waals surface area contributed by atoms with Crippen LogP contribution in [0.1, 0.15) is 16.9 Å². The molecule has 1 amide bonds. The minimum atomic E-state index is -0.333. The molecule has 0 aromatic carbocycles. The number of methoxy groups -OCH3 is 1. The minimum absolute atomic E-state index is 0.0774. The van der Waals surface area contributed by atoms with Crippen molar-refractivity contribution in [1.82, 2.24) is 14.9 Å². The van der Waals surface area contributed by atoms with E-state index in [0.29, 0.717) is 31.7 Å². The van der Waals surface area contributed by atoms with Crippen molar-refractivity contribution in [3.05, 3.63) is 18.1 Å². The highest BCUT2D eigenvalue weighted by Crippen LogP contribution is 2.13. The Morgan fingerprint density at radius 2 is 2.19 bits per heavy atom. The largest absolute Gasteiger partial charge is 0.469 e. The van der Waals surface area contributed by atoms with Gasteiger partial charge in [-0.3, -0.25) is 14.4 Å². The molecule has 1 aliphatic heterocycles. The van der Waals surface area contributed by atoms with Crippen LogP contribution in [0.25, 0.3) is 0 Å². The number of aromatic nitrogens is 2. The van der Waals surface area contributed by atoms with Crippen molar-refractivity contribution in [2.24, 2.45) is 0 Å². The Bertz CT molecular complexity index is 531. The summed E-state index contributed by atoms with van der Waals surface area (Å²) in [5.74, 6) is 0.147. The summed E-state index contributed by atoms with van der Waals surface area (Å²) in [6.45, 7) is 1.64. The number of piperazine rings is 1. The van der Waals surface area contributed by atoms with Crippen molar-refractivity contribution in [2.75, 3.05) is 38.2 Å². The maximum Gasteiger partial charge on any atom is 0.307 e. The molecule has 1 aromatic rings. The van der Waals surface area contributed by atoms with Gasteiger partial charge in [-0.25, -0.2) is 9.97 Å². The number of ether oxygens (including phenoxy) is 1. The molecule has 0 saturated carbocycles. The van der Waals surface area contributed by atoms with E-state index in [0.717, 1.165) is 0 Å². The predicted molar refractivity (Wildman–Crippen MR) is 72.8 cm³/mol. The zero-order valence-electron chi connectivity index (χ0n) is 11.7. The van der Waals surface area contributed by atoms with Gasteiger partial charge in [0.05, 0.1) is 32.5 Å². The Hall–Kier alpha value is -2.51. The van der Waals surface area contributed by atoms with Gasteiger partial charge in [-0.05, 0) is 0 Å². The third-order valence-electron chi connectivity index (χ3n) is 3.24. The number of anilines is 1. The van der Waals surface area contributed by atoms with Crippen LogP contribution in [0.5, 0.6) is 0 Å². The second-order valence-electron chi connectivity index (χ2n) is 4.55.